The summed E-state index contributed by atoms with van der Waals surface area (Å²) in [6.07, 6.45) is 0. The Morgan fingerprint density at radius 3 is 2.71 bits per heavy atom. The number of phenolic OH excluding ortho intramolecular Hbond substituents is 1. The third kappa shape index (κ3) is 1.87. The van der Waals surface area contributed by atoms with Crippen LogP contribution in [0.25, 0.3) is 22.3 Å². The minimum absolute atomic E-state index is 0.232. The number of hydrogen-bond donors (Lipinski definition) is 1. The van der Waals surface area contributed by atoms with Crippen LogP contribution >= 0.6 is 11.6 Å². The van der Waals surface area contributed by atoms with Crippen LogP contribution in [0.5, 0.6) is 5.75 Å². The van der Waals surface area contributed by atoms with Crippen molar-refractivity contribution >= 4 is 22.6 Å². The summed E-state index contributed by atoms with van der Waals surface area (Å²) in [5.74, 6) is 0.976. The van der Waals surface area contributed by atoms with Gasteiger partial charge in [-0.3, -0.25) is 0 Å². The van der Waals surface area contributed by atoms with Gasteiger partial charge in [0.15, 0.2) is 0 Å². The van der Waals surface area contributed by atoms with Crippen LogP contribution in [0.4, 0.5) is 0 Å². The van der Waals surface area contributed by atoms with Crippen molar-refractivity contribution in [2.24, 2.45) is 0 Å². The Balaban J connectivity index is 2.18. The van der Waals surface area contributed by atoms with Gasteiger partial charge >= 0.3 is 0 Å². The summed E-state index contributed by atoms with van der Waals surface area (Å²) in [6.45, 7) is 0. The Hall–Kier alpha value is -1.93. The van der Waals surface area contributed by atoms with Crippen LogP contribution in [0.1, 0.15) is 0 Å². The second-order valence-corrected chi connectivity index (χ2v) is 4.28. The van der Waals surface area contributed by atoms with E-state index in [0.717, 1.165) is 22.3 Å². The molecule has 0 spiro atoms. The standard InChI is InChI=1S/C14H9ClO2/c15-11-3-1-2-9(6-11)14-8-10-7-12(16)4-5-13(10)17-14/h1-8,16H/i14+1. The minimum atomic E-state index is 0.232. The molecule has 3 aromatic rings. The highest BCUT2D eigenvalue weighted by Crippen LogP contribution is 2.30. The molecule has 0 radical (unpaired) electrons. The van der Waals surface area contributed by atoms with Crippen molar-refractivity contribution in [1.29, 1.82) is 0 Å². The lowest BCUT2D eigenvalue weighted by Crippen LogP contribution is -1.71. The van der Waals surface area contributed by atoms with Gasteiger partial charge in [0.05, 0.1) is 0 Å². The summed E-state index contributed by atoms with van der Waals surface area (Å²) in [6, 6.07) is 14.4. The van der Waals surface area contributed by atoms with E-state index < -0.39 is 0 Å². The van der Waals surface area contributed by atoms with Crippen molar-refractivity contribution in [3.63, 3.8) is 0 Å². The van der Waals surface area contributed by atoms with Gasteiger partial charge in [-0.25, -0.2) is 0 Å². The molecule has 0 aliphatic heterocycles. The molecule has 0 aliphatic carbocycles. The largest absolute Gasteiger partial charge is 0.508 e. The Morgan fingerprint density at radius 1 is 1.00 bits per heavy atom. The Bertz CT molecular complexity index is 686. The fourth-order valence-electron chi connectivity index (χ4n) is 1.81. The molecule has 2 aromatic carbocycles. The van der Waals surface area contributed by atoms with E-state index in [1.807, 2.05) is 30.3 Å². The molecule has 0 saturated carbocycles. The number of fused-ring (bicyclic) bond motifs is 1. The highest BCUT2D eigenvalue weighted by atomic mass is 35.5. The van der Waals surface area contributed by atoms with Crippen molar-refractivity contribution in [1.82, 2.24) is 0 Å². The van der Waals surface area contributed by atoms with Crippen molar-refractivity contribution < 1.29 is 9.52 Å². The number of phenols is 1. The average molecular weight is 246 g/mol. The second-order valence-electron chi connectivity index (χ2n) is 3.84. The van der Waals surface area contributed by atoms with Crippen molar-refractivity contribution in [2.75, 3.05) is 0 Å². The van der Waals surface area contributed by atoms with Gasteiger partial charge in [0.2, 0.25) is 0 Å². The minimum Gasteiger partial charge on any atom is -0.508 e. The quantitative estimate of drug-likeness (QED) is 0.687. The fourth-order valence-corrected chi connectivity index (χ4v) is 2.01. The maximum absolute atomic E-state index is 9.39. The molecule has 0 atom stereocenters. The maximum atomic E-state index is 9.39. The highest BCUT2D eigenvalue weighted by Gasteiger charge is 2.06. The molecule has 1 N–H and O–H groups in total. The predicted molar refractivity (Wildman–Crippen MR) is 68.3 cm³/mol. The van der Waals surface area contributed by atoms with E-state index in [-0.39, 0.29) is 5.75 Å². The van der Waals surface area contributed by atoms with E-state index in [1.165, 1.54) is 0 Å². The van der Waals surface area contributed by atoms with E-state index >= 15 is 0 Å². The molecular weight excluding hydrogens is 237 g/mol. The topological polar surface area (TPSA) is 33.4 Å². The van der Waals surface area contributed by atoms with Gasteiger partial charge in [-0.1, -0.05) is 23.7 Å². The molecule has 0 bridgehead atoms. The second kappa shape index (κ2) is 3.82. The van der Waals surface area contributed by atoms with Gasteiger partial charge in [0, 0.05) is 16.0 Å². The van der Waals surface area contributed by atoms with Crippen LogP contribution in [-0.4, -0.2) is 5.11 Å². The zero-order valence-electron chi connectivity index (χ0n) is 8.85. The smallest absolute Gasteiger partial charge is 0.135 e. The van der Waals surface area contributed by atoms with E-state index in [2.05, 4.69) is 0 Å². The SMILES string of the molecule is Oc1ccc2o[13c](-c3cccc(Cl)c3)cc2c1. The first-order valence-corrected chi connectivity index (χ1v) is 5.59. The first-order chi connectivity index (χ1) is 8.22. The molecule has 2 nitrogen and oxygen atoms in total. The van der Waals surface area contributed by atoms with E-state index in [4.69, 9.17) is 16.0 Å². The molecule has 3 rings (SSSR count). The summed E-state index contributed by atoms with van der Waals surface area (Å²) in [4.78, 5) is 0. The van der Waals surface area contributed by atoms with E-state index in [1.54, 1.807) is 18.2 Å². The number of furan rings is 1. The maximum Gasteiger partial charge on any atom is 0.135 e. The predicted octanol–water partition coefficient (Wildman–Crippen LogP) is 4.46. The zero-order valence-corrected chi connectivity index (χ0v) is 9.61. The summed E-state index contributed by atoms with van der Waals surface area (Å²) in [5.41, 5.74) is 1.67. The number of rotatable bonds is 1. The molecule has 1 aromatic heterocycles. The van der Waals surface area contributed by atoms with Gasteiger partial charge in [-0.15, -0.1) is 0 Å². The van der Waals surface area contributed by atoms with Crippen molar-refractivity contribution in [3.8, 4) is 17.1 Å². The van der Waals surface area contributed by atoms with Gasteiger partial charge in [-0.2, -0.15) is 0 Å². The van der Waals surface area contributed by atoms with Crippen LogP contribution < -0.4 is 0 Å². The summed E-state index contributed by atoms with van der Waals surface area (Å²) in [5, 5.41) is 10.9. The van der Waals surface area contributed by atoms with Crippen LogP contribution in [0.15, 0.2) is 52.9 Å². The van der Waals surface area contributed by atoms with E-state index in [0.29, 0.717) is 5.02 Å². The number of hydrogen-bond acceptors (Lipinski definition) is 2. The molecule has 1 heterocycles. The molecule has 84 valence electrons. The molecule has 3 heteroatoms. The number of aromatic hydroxyl groups is 1. The molecule has 17 heavy (non-hydrogen) atoms. The van der Waals surface area contributed by atoms with Gasteiger partial charge < -0.3 is 9.52 Å². The fraction of sp³-hybridized carbons (Fsp3) is 0. The van der Waals surface area contributed by atoms with E-state index in [9.17, 15) is 5.11 Å². The van der Waals surface area contributed by atoms with Crippen LogP contribution in [-0.2, 0) is 0 Å². The van der Waals surface area contributed by atoms with Crippen LogP contribution in [0.2, 0.25) is 5.02 Å². The Kier molecular flexibility index (Phi) is 2.30. The number of halogens is 1. The molecule has 0 amide bonds. The molecular formula is C14H9ClO2. The first-order valence-electron chi connectivity index (χ1n) is 5.21. The first kappa shape index (κ1) is 10.2. The van der Waals surface area contributed by atoms with Crippen LogP contribution in [0, 0.1) is 0 Å². The Morgan fingerprint density at radius 2 is 1.88 bits per heavy atom. The monoisotopic (exact) mass is 245 g/mol. The summed E-state index contributed by atoms with van der Waals surface area (Å²) >= 11 is 5.94. The molecule has 0 fully saturated rings. The van der Waals surface area contributed by atoms with Crippen LogP contribution in [0.3, 0.4) is 0 Å². The lowest BCUT2D eigenvalue weighted by molar-refractivity contribution is 0.476. The van der Waals surface area contributed by atoms with Crippen molar-refractivity contribution in [3.05, 3.63) is 53.6 Å². The zero-order chi connectivity index (χ0) is 11.8. The summed E-state index contributed by atoms with van der Waals surface area (Å²) in [7, 11) is 0. The van der Waals surface area contributed by atoms with Crippen molar-refractivity contribution in [2.45, 2.75) is 0 Å². The molecule has 0 unspecified atom stereocenters. The lowest BCUT2D eigenvalue weighted by atomic mass is 10.2. The third-order valence-corrected chi connectivity index (χ3v) is 2.84. The molecule has 0 saturated heterocycles. The average Bonchev–Trinajstić information content (AvgIpc) is 2.72. The van der Waals surface area contributed by atoms with Gasteiger partial charge in [-0.05, 0) is 36.4 Å². The Labute approximate surface area is 103 Å². The normalized spacial score (nSPS) is 10.9. The lowest BCUT2D eigenvalue weighted by Gasteiger charge is -1.96. The molecule has 0 aliphatic rings. The number of benzene rings is 2. The third-order valence-electron chi connectivity index (χ3n) is 2.61. The highest BCUT2D eigenvalue weighted by molar-refractivity contribution is 6.30. The summed E-state index contributed by atoms with van der Waals surface area (Å²) < 4.78 is 5.69. The van der Waals surface area contributed by atoms with Gasteiger partial charge in [0.25, 0.3) is 0 Å². The van der Waals surface area contributed by atoms with Gasteiger partial charge in [0.1, 0.15) is 17.1 Å².